The van der Waals surface area contributed by atoms with Crippen molar-refractivity contribution in [1.82, 2.24) is 10.6 Å². The molecule has 0 saturated heterocycles. The number of esters is 1. The van der Waals surface area contributed by atoms with Crippen LogP contribution in [0.4, 0.5) is 4.79 Å². The van der Waals surface area contributed by atoms with Gasteiger partial charge in [0.05, 0.1) is 11.5 Å². The number of carbonyl (C=O) groups is 4. The average Bonchev–Trinajstić information content (AvgIpc) is 3.04. The van der Waals surface area contributed by atoms with Crippen LogP contribution in [0.25, 0.3) is 0 Å². The number of rotatable bonds is 7. The number of imide groups is 1. The van der Waals surface area contributed by atoms with Crippen LogP contribution >= 0.6 is 11.3 Å². The highest BCUT2D eigenvalue weighted by atomic mass is 32.1. The maximum atomic E-state index is 12.1. The minimum absolute atomic E-state index is 0.114. The third-order valence-corrected chi connectivity index (χ3v) is 3.68. The maximum Gasteiger partial charge on any atom is 0.413 e. The van der Waals surface area contributed by atoms with E-state index in [2.05, 4.69) is 10.1 Å². The molecule has 0 saturated carbocycles. The number of hydrogen-bond donors (Lipinski definition) is 2. The van der Waals surface area contributed by atoms with Crippen LogP contribution in [-0.2, 0) is 19.1 Å². The minimum Gasteiger partial charge on any atom is -0.454 e. The van der Waals surface area contributed by atoms with Gasteiger partial charge >= 0.3 is 12.1 Å². The van der Waals surface area contributed by atoms with Gasteiger partial charge in [-0.1, -0.05) is 19.9 Å². The van der Waals surface area contributed by atoms with Gasteiger partial charge in [-0.25, -0.2) is 9.59 Å². The summed E-state index contributed by atoms with van der Waals surface area (Å²) in [5, 5.41) is 6.23. The minimum atomic E-state index is -0.912. The van der Waals surface area contributed by atoms with Crippen LogP contribution < -0.4 is 10.6 Å². The third kappa shape index (κ3) is 6.37. The summed E-state index contributed by atoms with van der Waals surface area (Å²) in [4.78, 5) is 47.1. The molecule has 1 atom stereocenters. The van der Waals surface area contributed by atoms with Crippen molar-refractivity contribution in [3.63, 3.8) is 0 Å². The fourth-order valence-electron chi connectivity index (χ4n) is 1.66. The quantitative estimate of drug-likeness (QED) is 0.713. The van der Waals surface area contributed by atoms with E-state index in [0.717, 1.165) is 0 Å². The summed E-state index contributed by atoms with van der Waals surface area (Å²) < 4.78 is 9.39. The molecule has 0 unspecified atom stereocenters. The number of ether oxygens (including phenoxy) is 2. The van der Waals surface area contributed by atoms with Gasteiger partial charge in [-0.15, -0.1) is 11.3 Å². The Bertz CT molecular complexity index is 585. The van der Waals surface area contributed by atoms with Crippen LogP contribution in [0.1, 0.15) is 30.4 Å². The number of carbonyl (C=O) groups excluding carboxylic acids is 4. The zero-order valence-electron chi connectivity index (χ0n) is 13.7. The van der Waals surface area contributed by atoms with Crippen molar-refractivity contribution in [3.8, 4) is 0 Å². The summed E-state index contributed by atoms with van der Waals surface area (Å²) in [6.07, 6.45) is -0.912. The van der Waals surface area contributed by atoms with E-state index in [1.165, 1.54) is 11.3 Å². The van der Waals surface area contributed by atoms with Gasteiger partial charge in [0.25, 0.3) is 11.8 Å². The van der Waals surface area contributed by atoms with E-state index in [1.54, 1.807) is 38.3 Å². The van der Waals surface area contributed by atoms with E-state index < -0.39 is 36.5 Å². The summed E-state index contributed by atoms with van der Waals surface area (Å²) in [5.41, 5.74) is 0. The highest BCUT2D eigenvalue weighted by Gasteiger charge is 2.27. The Morgan fingerprint density at radius 1 is 1.21 bits per heavy atom. The van der Waals surface area contributed by atoms with Gasteiger partial charge in [-0.2, -0.15) is 0 Å². The number of amides is 3. The van der Waals surface area contributed by atoms with Crippen molar-refractivity contribution in [2.75, 3.05) is 13.2 Å². The first-order valence-corrected chi connectivity index (χ1v) is 8.20. The van der Waals surface area contributed by atoms with Crippen LogP contribution in [-0.4, -0.2) is 43.1 Å². The third-order valence-electron chi connectivity index (χ3n) is 2.81. The molecule has 1 aromatic rings. The molecule has 0 spiro atoms. The van der Waals surface area contributed by atoms with E-state index in [0.29, 0.717) is 4.88 Å². The molecule has 1 heterocycles. The van der Waals surface area contributed by atoms with Gasteiger partial charge in [-0.3, -0.25) is 14.9 Å². The zero-order valence-corrected chi connectivity index (χ0v) is 14.5. The summed E-state index contributed by atoms with van der Waals surface area (Å²) in [5.74, 6) is -2.20. The molecule has 8 nitrogen and oxygen atoms in total. The molecule has 0 aliphatic heterocycles. The highest BCUT2D eigenvalue weighted by molar-refractivity contribution is 7.12. The average molecular weight is 356 g/mol. The Hall–Kier alpha value is -2.42. The van der Waals surface area contributed by atoms with Gasteiger partial charge in [0.2, 0.25) is 0 Å². The largest absolute Gasteiger partial charge is 0.454 e. The van der Waals surface area contributed by atoms with E-state index >= 15 is 0 Å². The molecule has 0 aromatic carbocycles. The Morgan fingerprint density at radius 3 is 2.46 bits per heavy atom. The Kier molecular flexibility index (Phi) is 7.90. The van der Waals surface area contributed by atoms with Gasteiger partial charge in [0.15, 0.2) is 6.61 Å². The molecule has 0 radical (unpaired) electrons. The molecular formula is C15H20N2O6S. The summed E-state index contributed by atoms with van der Waals surface area (Å²) in [6, 6.07) is 2.45. The fourth-order valence-corrected chi connectivity index (χ4v) is 2.29. The molecule has 24 heavy (non-hydrogen) atoms. The topological polar surface area (TPSA) is 111 Å². The number of thiophene rings is 1. The van der Waals surface area contributed by atoms with Crippen LogP contribution in [0.2, 0.25) is 0 Å². The van der Waals surface area contributed by atoms with Crippen molar-refractivity contribution in [2.45, 2.75) is 26.8 Å². The molecule has 3 amide bonds. The Morgan fingerprint density at radius 2 is 1.92 bits per heavy atom. The molecule has 0 aliphatic carbocycles. The fraction of sp³-hybridized carbons (Fsp3) is 0.467. The van der Waals surface area contributed by atoms with Gasteiger partial charge in [0, 0.05) is 0 Å². The molecular weight excluding hydrogens is 336 g/mol. The number of alkyl carbamates (subject to hydrolysis) is 1. The van der Waals surface area contributed by atoms with E-state index in [4.69, 9.17) is 4.74 Å². The second kappa shape index (κ2) is 9.66. The van der Waals surface area contributed by atoms with Crippen molar-refractivity contribution in [3.05, 3.63) is 22.4 Å². The molecule has 0 bridgehead atoms. The first kappa shape index (κ1) is 19.6. The first-order valence-electron chi connectivity index (χ1n) is 7.32. The van der Waals surface area contributed by atoms with E-state index in [9.17, 15) is 19.2 Å². The molecule has 1 rings (SSSR count). The number of nitrogens with one attached hydrogen (secondary N) is 2. The standard InChI is InChI=1S/C15H20N2O6S/c1-4-22-15(21)16-11(18)8-23-14(20)12(9(2)3)17-13(19)10-6-5-7-24-10/h5-7,9,12H,4,8H2,1-3H3,(H,17,19)(H,16,18,21)/t12-/m1/s1. The molecule has 0 fully saturated rings. The van der Waals surface area contributed by atoms with E-state index in [-0.39, 0.29) is 12.5 Å². The Balaban J connectivity index is 2.53. The van der Waals surface area contributed by atoms with Crippen molar-refractivity contribution >= 4 is 35.2 Å². The van der Waals surface area contributed by atoms with E-state index in [1.807, 2.05) is 5.32 Å². The van der Waals surface area contributed by atoms with Crippen LogP contribution in [0.3, 0.4) is 0 Å². The van der Waals surface area contributed by atoms with Crippen LogP contribution in [0.15, 0.2) is 17.5 Å². The first-order chi connectivity index (χ1) is 11.3. The summed E-state index contributed by atoms with van der Waals surface area (Å²) in [6.45, 7) is 4.53. The monoisotopic (exact) mass is 356 g/mol. The Labute approximate surface area is 143 Å². The van der Waals surface area contributed by atoms with Gasteiger partial charge in [0.1, 0.15) is 6.04 Å². The van der Waals surface area contributed by atoms with Gasteiger partial charge in [-0.05, 0) is 24.3 Å². The predicted octanol–water partition coefficient (Wildman–Crippen LogP) is 1.32. The molecule has 132 valence electrons. The van der Waals surface area contributed by atoms with Crippen molar-refractivity contribution in [2.24, 2.45) is 5.92 Å². The second-order valence-corrected chi connectivity index (χ2v) is 6.00. The normalized spacial score (nSPS) is 11.5. The van der Waals surface area contributed by atoms with Crippen LogP contribution in [0, 0.1) is 5.92 Å². The predicted molar refractivity (Wildman–Crippen MR) is 86.5 cm³/mol. The molecule has 1 aromatic heterocycles. The maximum absolute atomic E-state index is 12.1. The lowest BCUT2D eigenvalue weighted by Gasteiger charge is -2.20. The highest BCUT2D eigenvalue weighted by Crippen LogP contribution is 2.11. The zero-order chi connectivity index (χ0) is 18.1. The molecule has 9 heteroatoms. The number of hydrogen-bond acceptors (Lipinski definition) is 7. The second-order valence-electron chi connectivity index (χ2n) is 5.05. The summed E-state index contributed by atoms with van der Waals surface area (Å²) in [7, 11) is 0. The smallest absolute Gasteiger partial charge is 0.413 e. The SMILES string of the molecule is CCOC(=O)NC(=O)COC(=O)[C@H](NC(=O)c1cccs1)C(C)C. The molecule has 2 N–H and O–H groups in total. The summed E-state index contributed by atoms with van der Waals surface area (Å²) >= 11 is 1.25. The van der Waals surface area contributed by atoms with Crippen molar-refractivity contribution in [1.29, 1.82) is 0 Å². The lowest BCUT2D eigenvalue weighted by Crippen LogP contribution is -2.46. The lowest BCUT2D eigenvalue weighted by molar-refractivity contribution is -0.151. The molecule has 0 aliphatic rings. The van der Waals surface area contributed by atoms with Crippen LogP contribution in [0.5, 0.6) is 0 Å². The van der Waals surface area contributed by atoms with Crippen molar-refractivity contribution < 1.29 is 28.7 Å². The lowest BCUT2D eigenvalue weighted by atomic mass is 10.0. The van der Waals surface area contributed by atoms with Gasteiger partial charge < -0.3 is 14.8 Å².